The Hall–Kier alpha value is -2.04. The van der Waals surface area contributed by atoms with Gasteiger partial charge in [0.05, 0.1) is 5.56 Å². The van der Waals surface area contributed by atoms with Crippen LogP contribution in [0.3, 0.4) is 0 Å². The standard InChI is InChI=1S/C16H22N2O3/c1-11(2)13-4-5-15(20)14(10-13)16(21)18-8-6-17(7-9-18)12(3)19/h4-5,10-11,20H,6-9H2,1-3H3. The van der Waals surface area contributed by atoms with Crippen LogP contribution in [0.25, 0.3) is 0 Å². The minimum atomic E-state index is -0.168. The summed E-state index contributed by atoms with van der Waals surface area (Å²) in [5, 5.41) is 9.95. The van der Waals surface area contributed by atoms with E-state index in [1.165, 1.54) is 6.92 Å². The molecule has 5 nitrogen and oxygen atoms in total. The van der Waals surface area contributed by atoms with Crippen LogP contribution in [0.4, 0.5) is 0 Å². The van der Waals surface area contributed by atoms with Crippen LogP contribution in [0, 0.1) is 0 Å². The average Bonchev–Trinajstić information content (AvgIpc) is 2.47. The van der Waals surface area contributed by atoms with Crippen LogP contribution >= 0.6 is 0 Å². The van der Waals surface area contributed by atoms with Gasteiger partial charge in [0.15, 0.2) is 0 Å². The van der Waals surface area contributed by atoms with Crippen LogP contribution < -0.4 is 0 Å². The summed E-state index contributed by atoms with van der Waals surface area (Å²) in [6.07, 6.45) is 0. The highest BCUT2D eigenvalue weighted by Gasteiger charge is 2.25. The zero-order valence-electron chi connectivity index (χ0n) is 12.8. The van der Waals surface area contributed by atoms with Crippen LogP contribution in [0.2, 0.25) is 0 Å². The van der Waals surface area contributed by atoms with E-state index in [1.54, 1.807) is 21.9 Å². The Kier molecular flexibility index (Phi) is 4.50. The maximum Gasteiger partial charge on any atom is 0.257 e. The van der Waals surface area contributed by atoms with Crippen molar-refractivity contribution in [3.05, 3.63) is 29.3 Å². The molecule has 0 aliphatic carbocycles. The van der Waals surface area contributed by atoms with E-state index < -0.39 is 0 Å². The molecule has 5 heteroatoms. The molecule has 1 saturated heterocycles. The van der Waals surface area contributed by atoms with Gasteiger partial charge >= 0.3 is 0 Å². The lowest BCUT2D eigenvalue weighted by Crippen LogP contribution is -2.50. The van der Waals surface area contributed by atoms with E-state index in [0.29, 0.717) is 37.7 Å². The van der Waals surface area contributed by atoms with Gasteiger partial charge in [-0.1, -0.05) is 19.9 Å². The third kappa shape index (κ3) is 3.35. The molecule has 1 aliphatic heterocycles. The molecular formula is C16H22N2O3. The highest BCUT2D eigenvalue weighted by Crippen LogP contribution is 2.24. The summed E-state index contributed by atoms with van der Waals surface area (Å²) in [6.45, 7) is 7.74. The Morgan fingerprint density at radius 1 is 1.10 bits per heavy atom. The number of rotatable bonds is 2. The second-order valence-electron chi connectivity index (χ2n) is 5.73. The summed E-state index contributed by atoms with van der Waals surface area (Å²) in [7, 11) is 0. The third-order valence-electron chi connectivity index (χ3n) is 3.93. The lowest BCUT2D eigenvalue weighted by Gasteiger charge is -2.34. The predicted molar refractivity (Wildman–Crippen MR) is 80.4 cm³/mol. The van der Waals surface area contributed by atoms with E-state index in [1.807, 2.05) is 19.9 Å². The lowest BCUT2D eigenvalue weighted by atomic mass is 9.99. The van der Waals surface area contributed by atoms with Crippen molar-refractivity contribution in [3.8, 4) is 5.75 Å². The number of carbonyl (C=O) groups is 2. The molecule has 0 radical (unpaired) electrons. The van der Waals surface area contributed by atoms with Gasteiger partial charge in [-0.05, 0) is 23.6 Å². The lowest BCUT2D eigenvalue weighted by molar-refractivity contribution is -0.130. The van der Waals surface area contributed by atoms with Gasteiger partial charge in [-0.15, -0.1) is 0 Å². The molecule has 0 aromatic heterocycles. The molecule has 1 aromatic rings. The Morgan fingerprint density at radius 2 is 1.67 bits per heavy atom. The normalized spacial score (nSPS) is 15.4. The number of benzene rings is 1. The highest BCUT2D eigenvalue weighted by molar-refractivity contribution is 5.97. The zero-order valence-corrected chi connectivity index (χ0v) is 12.8. The van der Waals surface area contributed by atoms with E-state index in [2.05, 4.69) is 0 Å². The maximum atomic E-state index is 12.5. The molecule has 1 aromatic carbocycles. The molecule has 1 N–H and O–H groups in total. The van der Waals surface area contributed by atoms with Crippen molar-refractivity contribution in [3.63, 3.8) is 0 Å². The molecule has 2 rings (SSSR count). The second-order valence-corrected chi connectivity index (χ2v) is 5.73. The van der Waals surface area contributed by atoms with Crippen molar-refractivity contribution in [2.45, 2.75) is 26.7 Å². The number of piperazine rings is 1. The van der Waals surface area contributed by atoms with Crippen molar-refractivity contribution in [2.75, 3.05) is 26.2 Å². The van der Waals surface area contributed by atoms with Crippen LogP contribution in [-0.4, -0.2) is 52.9 Å². The Balaban J connectivity index is 2.14. The fourth-order valence-corrected chi connectivity index (χ4v) is 2.48. The summed E-state index contributed by atoms with van der Waals surface area (Å²) in [5.74, 6) is 0.176. The van der Waals surface area contributed by atoms with Crippen LogP contribution in [-0.2, 0) is 4.79 Å². The molecule has 1 fully saturated rings. The van der Waals surface area contributed by atoms with Crippen molar-refractivity contribution >= 4 is 11.8 Å². The van der Waals surface area contributed by atoms with Gasteiger partial charge in [0.1, 0.15) is 5.75 Å². The fraction of sp³-hybridized carbons (Fsp3) is 0.500. The van der Waals surface area contributed by atoms with Crippen LogP contribution in [0.5, 0.6) is 5.75 Å². The smallest absolute Gasteiger partial charge is 0.257 e. The maximum absolute atomic E-state index is 12.5. The fourth-order valence-electron chi connectivity index (χ4n) is 2.48. The molecule has 0 atom stereocenters. The molecule has 2 amide bonds. The third-order valence-corrected chi connectivity index (χ3v) is 3.93. The quantitative estimate of drug-likeness (QED) is 0.904. The predicted octanol–water partition coefficient (Wildman–Crippen LogP) is 1.82. The van der Waals surface area contributed by atoms with Crippen molar-refractivity contribution in [2.24, 2.45) is 0 Å². The molecule has 0 bridgehead atoms. The average molecular weight is 290 g/mol. The molecule has 21 heavy (non-hydrogen) atoms. The van der Waals surface area contributed by atoms with Gasteiger partial charge in [0.25, 0.3) is 5.91 Å². The summed E-state index contributed by atoms with van der Waals surface area (Å²) in [5.41, 5.74) is 1.37. The van der Waals surface area contributed by atoms with Crippen molar-refractivity contribution < 1.29 is 14.7 Å². The number of carbonyl (C=O) groups excluding carboxylic acids is 2. The zero-order chi connectivity index (χ0) is 15.6. The first kappa shape index (κ1) is 15.4. The Bertz CT molecular complexity index is 546. The van der Waals surface area contributed by atoms with Crippen molar-refractivity contribution in [1.29, 1.82) is 0 Å². The minimum absolute atomic E-state index is 0.0124. The first-order chi connectivity index (χ1) is 9.90. The molecule has 1 aliphatic rings. The second kappa shape index (κ2) is 6.16. The number of hydrogen-bond acceptors (Lipinski definition) is 3. The number of nitrogens with zero attached hydrogens (tertiary/aromatic N) is 2. The number of hydrogen-bond donors (Lipinski definition) is 1. The topological polar surface area (TPSA) is 60.9 Å². The number of phenolic OH excluding ortho intramolecular Hbond substituents is 1. The van der Waals surface area contributed by atoms with E-state index >= 15 is 0 Å². The summed E-state index contributed by atoms with van der Waals surface area (Å²) >= 11 is 0. The van der Waals surface area contributed by atoms with E-state index in [9.17, 15) is 14.7 Å². The van der Waals surface area contributed by atoms with E-state index in [-0.39, 0.29) is 17.6 Å². The first-order valence-corrected chi connectivity index (χ1v) is 7.28. The van der Waals surface area contributed by atoms with Crippen LogP contribution in [0.15, 0.2) is 18.2 Å². The molecule has 1 heterocycles. The number of phenols is 1. The first-order valence-electron chi connectivity index (χ1n) is 7.28. The minimum Gasteiger partial charge on any atom is -0.507 e. The van der Waals surface area contributed by atoms with Gasteiger partial charge < -0.3 is 14.9 Å². The van der Waals surface area contributed by atoms with Crippen LogP contribution in [0.1, 0.15) is 42.6 Å². The number of aromatic hydroxyl groups is 1. The van der Waals surface area contributed by atoms with Gasteiger partial charge in [0, 0.05) is 33.1 Å². The molecule has 0 unspecified atom stereocenters. The monoisotopic (exact) mass is 290 g/mol. The van der Waals surface area contributed by atoms with Gasteiger partial charge in [0.2, 0.25) is 5.91 Å². The highest BCUT2D eigenvalue weighted by atomic mass is 16.3. The largest absolute Gasteiger partial charge is 0.507 e. The van der Waals surface area contributed by atoms with E-state index in [4.69, 9.17) is 0 Å². The Labute approximate surface area is 125 Å². The summed E-state index contributed by atoms with van der Waals surface area (Å²) in [4.78, 5) is 27.3. The summed E-state index contributed by atoms with van der Waals surface area (Å²) < 4.78 is 0. The van der Waals surface area contributed by atoms with Gasteiger partial charge in [-0.2, -0.15) is 0 Å². The van der Waals surface area contributed by atoms with Crippen molar-refractivity contribution in [1.82, 2.24) is 9.80 Å². The van der Waals surface area contributed by atoms with Gasteiger partial charge in [-0.3, -0.25) is 9.59 Å². The molecular weight excluding hydrogens is 268 g/mol. The van der Waals surface area contributed by atoms with E-state index in [0.717, 1.165) is 5.56 Å². The summed E-state index contributed by atoms with van der Waals surface area (Å²) in [6, 6.07) is 5.18. The molecule has 0 saturated carbocycles. The SMILES string of the molecule is CC(=O)N1CCN(C(=O)c2cc(C(C)C)ccc2O)CC1. The molecule has 0 spiro atoms. The molecule has 114 valence electrons. The number of amides is 2. The Morgan fingerprint density at radius 3 is 2.19 bits per heavy atom. The van der Waals surface area contributed by atoms with Gasteiger partial charge in [-0.25, -0.2) is 0 Å².